The van der Waals surface area contributed by atoms with Crippen LogP contribution in [0.5, 0.6) is 5.88 Å². The van der Waals surface area contributed by atoms with E-state index < -0.39 is 0 Å². The van der Waals surface area contributed by atoms with Crippen molar-refractivity contribution in [3.8, 4) is 11.6 Å². The van der Waals surface area contributed by atoms with Gasteiger partial charge in [0.2, 0.25) is 5.88 Å². The summed E-state index contributed by atoms with van der Waals surface area (Å²) < 4.78 is 3.72. The molecule has 2 aromatic rings. The first-order valence-corrected chi connectivity index (χ1v) is 7.09. The summed E-state index contributed by atoms with van der Waals surface area (Å²) in [7, 11) is 0. The van der Waals surface area contributed by atoms with E-state index in [4.69, 9.17) is 12.2 Å². The normalized spacial score (nSPS) is 10.7. The van der Waals surface area contributed by atoms with Crippen LogP contribution < -0.4 is 0 Å². The second-order valence-corrected chi connectivity index (χ2v) is 5.05. The highest BCUT2D eigenvalue weighted by atomic mass is 32.1. The van der Waals surface area contributed by atoms with Gasteiger partial charge in [-0.15, -0.1) is 0 Å². The van der Waals surface area contributed by atoms with Crippen LogP contribution in [0.4, 0.5) is 0 Å². The van der Waals surface area contributed by atoms with E-state index in [1.807, 2.05) is 30.3 Å². The zero-order chi connectivity index (χ0) is 14.7. The number of benzene rings is 1. The summed E-state index contributed by atoms with van der Waals surface area (Å²) in [4.78, 5) is 11.8. The molecule has 0 unspecified atom stereocenters. The molecule has 1 N–H and O–H groups in total. The van der Waals surface area contributed by atoms with Gasteiger partial charge in [-0.1, -0.05) is 31.5 Å². The highest BCUT2D eigenvalue weighted by Gasteiger charge is 2.21. The maximum absolute atomic E-state index is 11.8. The van der Waals surface area contributed by atoms with Gasteiger partial charge in [-0.3, -0.25) is 9.36 Å². The van der Waals surface area contributed by atoms with Gasteiger partial charge in [-0.05, 0) is 30.8 Å². The molecule has 5 heteroatoms. The lowest BCUT2D eigenvalue weighted by Gasteiger charge is -2.04. The van der Waals surface area contributed by atoms with Gasteiger partial charge in [0.25, 0.3) is 0 Å². The van der Waals surface area contributed by atoms with Crippen molar-refractivity contribution in [1.82, 2.24) is 9.13 Å². The van der Waals surface area contributed by atoms with Gasteiger partial charge in [-0.2, -0.15) is 0 Å². The number of para-hydroxylation sites is 1. The zero-order valence-corrected chi connectivity index (χ0v) is 12.5. The first kappa shape index (κ1) is 14.5. The Bertz CT molecular complexity index is 671. The molecule has 0 bridgehead atoms. The molecule has 1 heterocycles. The molecule has 0 atom stereocenters. The highest BCUT2D eigenvalue weighted by Crippen LogP contribution is 2.26. The predicted molar refractivity (Wildman–Crippen MR) is 81.2 cm³/mol. The van der Waals surface area contributed by atoms with Crippen molar-refractivity contribution in [3.63, 3.8) is 0 Å². The lowest BCUT2D eigenvalue weighted by Crippen LogP contribution is -2.07. The first-order valence-electron chi connectivity index (χ1n) is 6.68. The third-order valence-corrected chi connectivity index (χ3v) is 3.60. The zero-order valence-electron chi connectivity index (χ0n) is 11.7. The van der Waals surface area contributed by atoms with Crippen molar-refractivity contribution in [3.05, 3.63) is 40.8 Å². The second kappa shape index (κ2) is 6.05. The summed E-state index contributed by atoms with van der Waals surface area (Å²) in [5.41, 5.74) is 1.04. The first-order chi connectivity index (χ1) is 9.57. The molecule has 1 aromatic carbocycles. The molecule has 0 aliphatic heterocycles. The van der Waals surface area contributed by atoms with Crippen molar-refractivity contribution >= 4 is 18.0 Å². The molecule has 0 saturated heterocycles. The molecule has 4 nitrogen and oxygen atoms in total. The molecule has 2 rings (SSSR count). The number of unbranched alkanes of at least 4 members (excludes halogenated alkanes) is 1. The molecular formula is C15H18N2O2S. The number of nitrogens with zero attached hydrogens (tertiary/aromatic N) is 2. The van der Waals surface area contributed by atoms with Crippen LogP contribution in [0.3, 0.4) is 0 Å². The standard InChI is InChI=1S/C15H18N2O2S/c1-3-4-10-16-13(11(2)18)14(19)17(15(16)20)12-8-6-5-7-9-12/h5-9,19H,3-4,10H2,1-2H3. The van der Waals surface area contributed by atoms with Gasteiger partial charge in [0.05, 0.1) is 5.69 Å². The molecule has 106 valence electrons. The maximum atomic E-state index is 11.8. The number of carbonyl (C=O) groups is 1. The monoisotopic (exact) mass is 290 g/mol. The Balaban J connectivity index is 2.65. The van der Waals surface area contributed by atoms with Gasteiger partial charge in [0.15, 0.2) is 10.6 Å². The van der Waals surface area contributed by atoms with Gasteiger partial charge >= 0.3 is 0 Å². The average Bonchev–Trinajstić information content (AvgIpc) is 2.68. The average molecular weight is 290 g/mol. The lowest BCUT2D eigenvalue weighted by atomic mass is 10.3. The van der Waals surface area contributed by atoms with E-state index in [1.54, 1.807) is 9.13 Å². The SMILES string of the molecule is CCCCn1c(C(C)=O)c(O)n(-c2ccccc2)c1=S. The van der Waals surface area contributed by atoms with Crippen LogP contribution >= 0.6 is 12.2 Å². The fourth-order valence-electron chi connectivity index (χ4n) is 2.21. The number of carbonyl (C=O) groups excluding carboxylic acids is 1. The third-order valence-electron chi connectivity index (χ3n) is 3.20. The van der Waals surface area contributed by atoms with Gasteiger partial charge in [-0.25, -0.2) is 0 Å². The van der Waals surface area contributed by atoms with Crippen LogP contribution in [0.1, 0.15) is 37.2 Å². The van der Waals surface area contributed by atoms with Crippen LogP contribution in [0.25, 0.3) is 5.69 Å². The number of hydrogen-bond donors (Lipinski definition) is 1. The molecule has 0 saturated carbocycles. The van der Waals surface area contributed by atoms with E-state index in [2.05, 4.69) is 6.92 Å². The number of aromatic nitrogens is 2. The Labute approximate surface area is 123 Å². The van der Waals surface area contributed by atoms with E-state index in [-0.39, 0.29) is 17.4 Å². The van der Waals surface area contributed by atoms with Crippen LogP contribution in [-0.4, -0.2) is 20.0 Å². The maximum Gasteiger partial charge on any atom is 0.226 e. The van der Waals surface area contributed by atoms with Crippen molar-refractivity contribution in [2.45, 2.75) is 33.2 Å². The fourth-order valence-corrected chi connectivity index (χ4v) is 2.59. The van der Waals surface area contributed by atoms with Crippen molar-refractivity contribution in [1.29, 1.82) is 0 Å². The number of rotatable bonds is 5. The molecule has 0 fully saturated rings. The van der Waals surface area contributed by atoms with Crippen molar-refractivity contribution in [2.24, 2.45) is 0 Å². The van der Waals surface area contributed by atoms with Crippen LogP contribution in [0.2, 0.25) is 0 Å². The summed E-state index contributed by atoms with van der Waals surface area (Å²) in [5.74, 6) is -0.260. The molecule has 0 radical (unpaired) electrons. The molecular weight excluding hydrogens is 272 g/mol. The smallest absolute Gasteiger partial charge is 0.226 e. The van der Waals surface area contributed by atoms with Crippen molar-refractivity contribution in [2.75, 3.05) is 0 Å². The van der Waals surface area contributed by atoms with E-state index in [9.17, 15) is 9.90 Å². The molecule has 20 heavy (non-hydrogen) atoms. The van der Waals surface area contributed by atoms with Gasteiger partial charge in [0.1, 0.15) is 5.69 Å². The third kappa shape index (κ3) is 2.54. The molecule has 0 spiro atoms. The number of imidazole rings is 1. The number of aromatic hydroxyl groups is 1. The highest BCUT2D eigenvalue weighted by molar-refractivity contribution is 7.71. The molecule has 0 aliphatic carbocycles. The quantitative estimate of drug-likeness (QED) is 0.674. The summed E-state index contributed by atoms with van der Waals surface area (Å²) in [6, 6.07) is 9.33. The van der Waals surface area contributed by atoms with Gasteiger partial charge < -0.3 is 9.67 Å². The Morgan fingerprint density at radius 2 is 1.95 bits per heavy atom. The second-order valence-electron chi connectivity index (χ2n) is 4.69. The number of Topliss-reactive ketones (excluding diaryl/α,β-unsaturated/α-hetero) is 1. The van der Waals surface area contributed by atoms with Crippen molar-refractivity contribution < 1.29 is 9.90 Å². The number of ketones is 1. The molecule has 1 aromatic heterocycles. The van der Waals surface area contributed by atoms with E-state index in [0.717, 1.165) is 18.5 Å². The summed E-state index contributed by atoms with van der Waals surface area (Å²) in [6.45, 7) is 4.16. The topological polar surface area (TPSA) is 47.2 Å². The van der Waals surface area contributed by atoms with E-state index in [0.29, 0.717) is 11.3 Å². The lowest BCUT2D eigenvalue weighted by molar-refractivity contribution is 0.100. The minimum absolute atomic E-state index is 0.0789. The Morgan fingerprint density at radius 3 is 2.50 bits per heavy atom. The van der Waals surface area contributed by atoms with Crippen LogP contribution in [-0.2, 0) is 6.54 Å². The predicted octanol–water partition coefficient (Wildman–Crippen LogP) is 3.72. The van der Waals surface area contributed by atoms with Gasteiger partial charge in [0, 0.05) is 13.5 Å². The fraction of sp³-hybridized carbons (Fsp3) is 0.333. The summed E-state index contributed by atoms with van der Waals surface area (Å²) >= 11 is 5.43. The van der Waals surface area contributed by atoms with E-state index >= 15 is 0 Å². The summed E-state index contributed by atoms with van der Waals surface area (Å²) in [5, 5.41) is 10.4. The minimum Gasteiger partial charge on any atom is -0.493 e. The Hall–Kier alpha value is -1.88. The van der Waals surface area contributed by atoms with E-state index in [1.165, 1.54) is 6.92 Å². The Morgan fingerprint density at radius 1 is 1.30 bits per heavy atom. The van der Waals surface area contributed by atoms with Crippen LogP contribution in [0.15, 0.2) is 30.3 Å². The number of hydrogen-bond acceptors (Lipinski definition) is 3. The summed E-state index contributed by atoms with van der Waals surface area (Å²) in [6.07, 6.45) is 1.91. The molecule has 0 aliphatic rings. The minimum atomic E-state index is -0.181. The van der Waals surface area contributed by atoms with Crippen LogP contribution in [0, 0.1) is 4.77 Å². The largest absolute Gasteiger partial charge is 0.493 e. The Kier molecular flexibility index (Phi) is 4.39. The molecule has 0 amide bonds.